The third-order valence-corrected chi connectivity index (χ3v) is 5.39. The van der Waals surface area contributed by atoms with Gasteiger partial charge in [-0.15, -0.1) is 0 Å². The van der Waals surface area contributed by atoms with E-state index in [2.05, 4.69) is 21.2 Å². The molecule has 2 amide bonds. The van der Waals surface area contributed by atoms with E-state index in [4.69, 9.17) is 16.3 Å². The minimum absolute atomic E-state index is 0.0384. The lowest BCUT2D eigenvalue weighted by Crippen LogP contribution is -2.50. The van der Waals surface area contributed by atoms with Crippen LogP contribution in [0.5, 0.6) is 5.75 Å². The second-order valence-corrected chi connectivity index (χ2v) is 8.24. The minimum atomic E-state index is -0.638. The molecule has 1 N–H and O–H groups in total. The van der Waals surface area contributed by atoms with E-state index in [9.17, 15) is 9.59 Å². The highest BCUT2D eigenvalue weighted by atomic mass is 79.9. The first-order valence-electron chi connectivity index (χ1n) is 9.52. The molecule has 0 saturated carbocycles. The Bertz CT molecular complexity index is 812. The Morgan fingerprint density at radius 1 is 1.10 bits per heavy atom. The maximum Gasteiger partial charge on any atom is 0.261 e. The van der Waals surface area contributed by atoms with Crippen molar-refractivity contribution in [2.45, 2.75) is 45.8 Å². The molecular weight excluding hydrogens is 456 g/mol. The van der Waals surface area contributed by atoms with E-state index < -0.39 is 6.04 Å². The Balaban J connectivity index is 2.13. The number of hydrogen-bond donors (Lipinski definition) is 1. The van der Waals surface area contributed by atoms with Gasteiger partial charge in [0.1, 0.15) is 11.8 Å². The van der Waals surface area contributed by atoms with E-state index in [0.717, 1.165) is 16.5 Å². The van der Waals surface area contributed by atoms with Crippen LogP contribution >= 0.6 is 27.5 Å². The first kappa shape index (κ1) is 23.2. The molecule has 0 fully saturated rings. The monoisotopic (exact) mass is 480 g/mol. The lowest BCUT2D eigenvalue weighted by atomic mass is 10.1. The molecular formula is C22H26BrClN2O3. The molecule has 0 bridgehead atoms. The van der Waals surface area contributed by atoms with Crippen LogP contribution in [-0.4, -0.2) is 35.4 Å². The first-order chi connectivity index (χ1) is 13.8. The summed E-state index contributed by atoms with van der Waals surface area (Å²) in [6.07, 6.45) is 0.816. The third-order valence-electron chi connectivity index (χ3n) is 4.61. The van der Waals surface area contributed by atoms with Crippen LogP contribution in [0.1, 0.15) is 32.8 Å². The largest absolute Gasteiger partial charge is 0.484 e. The van der Waals surface area contributed by atoms with Gasteiger partial charge >= 0.3 is 0 Å². The summed E-state index contributed by atoms with van der Waals surface area (Å²) in [5.41, 5.74) is 0.884. The van der Waals surface area contributed by atoms with E-state index in [1.807, 2.05) is 38.1 Å². The zero-order valence-corrected chi connectivity index (χ0v) is 19.2. The summed E-state index contributed by atoms with van der Waals surface area (Å²) in [5, 5.41) is 3.56. The highest BCUT2D eigenvalue weighted by molar-refractivity contribution is 9.10. The SMILES string of the molecule is CCC(C)NC(=O)C(C)N(Cc1ccc(Cl)cc1)C(=O)COc1ccc(Br)cc1. The van der Waals surface area contributed by atoms with Crippen LogP contribution in [0, 0.1) is 0 Å². The maximum atomic E-state index is 12.9. The zero-order chi connectivity index (χ0) is 21.4. The first-order valence-corrected chi connectivity index (χ1v) is 10.7. The summed E-state index contributed by atoms with van der Waals surface area (Å²) in [6.45, 7) is 5.79. The Hall–Kier alpha value is -2.05. The van der Waals surface area contributed by atoms with Crippen LogP contribution in [0.25, 0.3) is 0 Å². The van der Waals surface area contributed by atoms with Gasteiger partial charge in [-0.05, 0) is 62.2 Å². The van der Waals surface area contributed by atoms with Crippen molar-refractivity contribution in [2.24, 2.45) is 0 Å². The van der Waals surface area contributed by atoms with Gasteiger partial charge in [-0.25, -0.2) is 0 Å². The molecule has 156 valence electrons. The molecule has 0 radical (unpaired) electrons. The van der Waals surface area contributed by atoms with Crippen molar-refractivity contribution in [3.05, 3.63) is 63.6 Å². The van der Waals surface area contributed by atoms with E-state index in [0.29, 0.717) is 10.8 Å². The number of halogens is 2. The molecule has 5 nitrogen and oxygen atoms in total. The maximum absolute atomic E-state index is 12.9. The van der Waals surface area contributed by atoms with Crippen LogP contribution in [0.4, 0.5) is 0 Å². The summed E-state index contributed by atoms with van der Waals surface area (Å²) in [5.74, 6) is 0.129. The topological polar surface area (TPSA) is 58.6 Å². The summed E-state index contributed by atoms with van der Waals surface area (Å²) in [4.78, 5) is 27.1. The van der Waals surface area contributed by atoms with Crippen molar-refractivity contribution in [2.75, 3.05) is 6.61 Å². The van der Waals surface area contributed by atoms with Crippen molar-refractivity contribution < 1.29 is 14.3 Å². The van der Waals surface area contributed by atoms with Crippen molar-refractivity contribution >= 4 is 39.3 Å². The fourth-order valence-electron chi connectivity index (χ4n) is 2.59. The van der Waals surface area contributed by atoms with Crippen LogP contribution in [0.3, 0.4) is 0 Å². The number of carbonyl (C=O) groups excluding carboxylic acids is 2. The Labute approximate surface area is 185 Å². The number of benzene rings is 2. The number of amides is 2. The average Bonchev–Trinajstić information content (AvgIpc) is 2.72. The molecule has 0 aliphatic carbocycles. The molecule has 0 aliphatic rings. The van der Waals surface area contributed by atoms with Gasteiger partial charge in [0.25, 0.3) is 5.91 Å². The molecule has 2 rings (SSSR count). The number of nitrogens with one attached hydrogen (secondary N) is 1. The quantitative estimate of drug-likeness (QED) is 0.559. The van der Waals surface area contributed by atoms with Crippen molar-refractivity contribution in [1.82, 2.24) is 10.2 Å². The number of ether oxygens (including phenoxy) is 1. The van der Waals surface area contributed by atoms with Gasteiger partial charge in [0.15, 0.2) is 6.61 Å². The van der Waals surface area contributed by atoms with Gasteiger partial charge in [-0.3, -0.25) is 9.59 Å². The molecule has 2 aromatic carbocycles. The number of hydrogen-bond acceptors (Lipinski definition) is 3. The predicted molar refractivity (Wildman–Crippen MR) is 119 cm³/mol. The van der Waals surface area contributed by atoms with Gasteiger partial charge in [0.05, 0.1) is 0 Å². The zero-order valence-electron chi connectivity index (χ0n) is 16.8. The van der Waals surface area contributed by atoms with E-state index in [1.54, 1.807) is 31.2 Å². The summed E-state index contributed by atoms with van der Waals surface area (Å²) < 4.78 is 6.55. The molecule has 29 heavy (non-hydrogen) atoms. The lowest BCUT2D eigenvalue weighted by molar-refractivity contribution is -0.142. The highest BCUT2D eigenvalue weighted by Gasteiger charge is 2.27. The van der Waals surface area contributed by atoms with Crippen molar-refractivity contribution in [3.8, 4) is 5.75 Å². The molecule has 0 aliphatic heterocycles. The predicted octanol–water partition coefficient (Wildman–Crippen LogP) is 4.81. The number of rotatable bonds is 9. The molecule has 0 aromatic heterocycles. The fraction of sp³-hybridized carbons (Fsp3) is 0.364. The van der Waals surface area contributed by atoms with Gasteiger partial charge < -0.3 is 15.0 Å². The standard InChI is InChI=1S/C22H26BrClN2O3/c1-4-15(2)25-22(28)16(3)26(13-17-5-9-19(24)10-6-17)21(27)14-29-20-11-7-18(23)8-12-20/h5-12,15-16H,4,13-14H2,1-3H3,(H,25,28). The van der Waals surface area contributed by atoms with Crippen LogP contribution in [-0.2, 0) is 16.1 Å². The Morgan fingerprint density at radius 3 is 2.31 bits per heavy atom. The molecule has 7 heteroatoms. The average molecular weight is 482 g/mol. The van der Waals surface area contributed by atoms with Crippen molar-refractivity contribution in [3.63, 3.8) is 0 Å². The Kier molecular flexibility index (Phi) is 8.99. The lowest BCUT2D eigenvalue weighted by Gasteiger charge is -2.29. The smallest absolute Gasteiger partial charge is 0.261 e. The summed E-state index contributed by atoms with van der Waals surface area (Å²) in [7, 11) is 0. The van der Waals surface area contributed by atoms with Gasteiger partial charge in [-0.2, -0.15) is 0 Å². The fourth-order valence-corrected chi connectivity index (χ4v) is 2.98. The minimum Gasteiger partial charge on any atom is -0.484 e. The molecule has 2 atom stereocenters. The van der Waals surface area contributed by atoms with Crippen LogP contribution in [0.2, 0.25) is 5.02 Å². The number of carbonyl (C=O) groups is 2. The molecule has 2 unspecified atom stereocenters. The molecule has 0 saturated heterocycles. The van der Waals surface area contributed by atoms with E-state index in [-0.39, 0.29) is 31.0 Å². The van der Waals surface area contributed by atoms with Gasteiger partial charge in [0, 0.05) is 22.1 Å². The van der Waals surface area contributed by atoms with Crippen LogP contribution < -0.4 is 10.1 Å². The normalized spacial score (nSPS) is 12.7. The molecule has 0 spiro atoms. The highest BCUT2D eigenvalue weighted by Crippen LogP contribution is 2.17. The van der Waals surface area contributed by atoms with Gasteiger partial charge in [-0.1, -0.05) is 46.6 Å². The second kappa shape index (κ2) is 11.2. The second-order valence-electron chi connectivity index (χ2n) is 6.88. The molecule has 0 heterocycles. The summed E-state index contributed by atoms with van der Waals surface area (Å²) >= 11 is 9.32. The van der Waals surface area contributed by atoms with Crippen molar-refractivity contribution in [1.29, 1.82) is 0 Å². The van der Waals surface area contributed by atoms with Crippen LogP contribution in [0.15, 0.2) is 53.0 Å². The third kappa shape index (κ3) is 7.37. The molecule has 2 aromatic rings. The van der Waals surface area contributed by atoms with E-state index in [1.165, 1.54) is 4.90 Å². The summed E-state index contributed by atoms with van der Waals surface area (Å²) in [6, 6.07) is 13.9. The van der Waals surface area contributed by atoms with E-state index >= 15 is 0 Å². The Morgan fingerprint density at radius 2 is 1.72 bits per heavy atom. The van der Waals surface area contributed by atoms with Gasteiger partial charge in [0.2, 0.25) is 5.91 Å². The number of nitrogens with zero attached hydrogens (tertiary/aromatic N) is 1.